The van der Waals surface area contributed by atoms with E-state index in [0.717, 1.165) is 37.4 Å². The number of piperidine rings is 1. The second kappa shape index (κ2) is 6.40. The number of carbonyl (C=O) groups is 1. The SMILES string of the molecule is Cc1cc(=O)c(CNC(=O)I)c(N2CCCCC2)[nH]1. The molecule has 0 aliphatic carbocycles. The van der Waals surface area contributed by atoms with E-state index in [4.69, 9.17) is 0 Å². The number of nitrogens with zero attached hydrogens (tertiary/aromatic N) is 1. The van der Waals surface area contributed by atoms with Gasteiger partial charge in [-0.25, -0.2) is 0 Å². The van der Waals surface area contributed by atoms with Gasteiger partial charge in [-0.3, -0.25) is 9.59 Å². The van der Waals surface area contributed by atoms with E-state index in [-0.39, 0.29) is 15.9 Å². The molecule has 0 spiro atoms. The van der Waals surface area contributed by atoms with Crippen molar-refractivity contribution >= 4 is 32.3 Å². The van der Waals surface area contributed by atoms with Crippen LogP contribution in [-0.4, -0.2) is 22.0 Å². The predicted octanol–water partition coefficient (Wildman–Crippen LogP) is 2.32. The van der Waals surface area contributed by atoms with Gasteiger partial charge in [0.25, 0.3) is 3.91 Å². The highest BCUT2D eigenvalue weighted by Crippen LogP contribution is 2.20. The zero-order valence-electron chi connectivity index (χ0n) is 11.0. The molecule has 2 rings (SSSR count). The molecule has 1 aromatic heterocycles. The van der Waals surface area contributed by atoms with Gasteiger partial charge in [0, 0.05) is 47.4 Å². The highest BCUT2D eigenvalue weighted by Gasteiger charge is 2.17. The third kappa shape index (κ3) is 3.71. The Bertz CT molecular complexity index is 521. The molecule has 0 aromatic carbocycles. The molecule has 104 valence electrons. The quantitative estimate of drug-likeness (QED) is 0.484. The Hall–Kier alpha value is -1.05. The topological polar surface area (TPSA) is 65.2 Å². The molecule has 2 N–H and O–H groups in total. The van der Waals surface area contributed by atoms with Crippen LogP contribution in [0.25, 0.3) is 0 Å². The molecule has 0 bridgehead atoms. The van der Waals surface area contributed by atoms with Gasteiger partial charge in [0.1, 0.15) is 5.82 Å². The second-order valence-electron chi connectivity index (χ2n) is 4.82. The molecule has 6 heteroatoms. The normalized spacial score (nSPS) is 15.4. The number of H-pyrrole nitrogens is 1. The number of aromatic nitrogens is 1. The van der Waals surface area contributed by atoms with Crippen molar-refractivity contribution in [2.45, 2.75) is 32.7 Å². The van der Waals surface area contributed by atoms with Crippen molar-refractivity contribution in [3.05, 3.63) is 27.5 Å². The maximum Gasteiger partial charge on any atom is 0.280 e. The number of aryl methyl sites for hydroxylation is 1. The summed E-state index contributed by atoms with van der Waals surface area (Å²) in [6.45, 7) is 4.09. The van der Waals surface area contributed by atoms with Crippen molar-refractivity contribution in [2.24, 2.45) is 0 Å². The summed E-state index contributed by atoms with van der Waals surface area (Å²) in [5, 5.41) is 2.70. The molecule has 0 saturated carbocycles. The first-order chi connectivity index (χ1) is 9.08. The summed E-state index contributed by atoms with van der Waals surface area (Å²) in [4.78, 5) is 28.6. The van der Waals surface area contributed by atoms with Crippen LogP contribution in [0.1, 0.15) is 30.5 Å². The van der Waals surface area contributed by atoms with Gasteiger partial charge in [-0.05, 0) is 26.2 Å². The summed E-state index contributed by atoms with van der Waals surface area (Å²) < 4.78 is -0.151. The van der Waals surface area contributed by atoms with Gasteiger partial charge in [-0.2, -0.15) is 0 Å². The smallest absolute Gasteiger partial charge is 0.280 e. The molecule has 1 aromatic rings. The molecule has 1 fully saturated rings. The van der Waals surface area contributed by atoms with Gasteiger partial charge in [0.05, 0.1) is 12.1 Å². The maximum absolute atomic E-state index is 12.1. The molecule has 1 aliphatic heterocycles. The first-order valence-corrected chi connectivity index (χ1v) is 7.57. The number of anilines is 1. The van der Waals surface area contributed by atoms with Crippen molar-refractivity contribution in [2.75, 3.05) is 18.0 Å². The summed E-state index contributed by atoms with van der Waals surface area (Å²) >= 11 is 1.68. The van der Waals surface area contributed by atoms with E-state index >= 15 is 0 Å². The van der Waals surface area contributed by atoms with Gasteiger partial charge in [0.2, 0.25) is 0 Å². The minimum atomic E-state index is -0.151. The van der Waals surface area contributed by atoms with Crippen LogP contribution in [0, 0.1) is 6.92 Å². The molecule has 1 amide bonds. The van der Waals surface area contributed by atoms with Crippen LogP contribution >= 0.6 is 22.6 Å². The summed E-state index contributed by atoms with van der Waals surface area (Å²) in [5.41, 5.74) is 1.50. The Morgan fingerprint density at radius 2 is 2.11 bits per heavy atom. The number of amides is 1. The molecule has 0 radical (unpaired) electrons. The van der Waals surface area contributed by atoms with E-state index < -0.39 is 0 Å². The number of rotatable bonds is 3. The average Bonchev–Trinajstić information content (AvgIpc) is 2.37. The fraction of sp³-hybridized carbons (Fsp3) is 0.538. The third-order valence-electron chi connectivity index (χ3n) is 3.32. The van der Waals surface area contributed by atoms with Crippen LogP contribution in [0.2, 0.25) is 0 Å². The lowest BCUT2D eigenvalue weighted by molar-refractivity contribution is 0.262. The minimum Gasteiger partial charge on any atom is -0.358 e. The number of carbonyl (C=O) groups excluding carboxylic acids is 1. The van der Waals surface area contributed by atoms with E-state index in [9.17, 15) is 9.59 Å². The first kappa shape index (κ1) is 14.4. The molecule has 5 nitrogen and oxygen atoms in total. The summed E-state index contributed by atoms with van der Waals surface area (Å²) in [6.07, 6.45) is 3.54. The molecule has 19 heavy (non-hydrogen) atoms. The summed E-state index contributed by atoms with van der Waals surface area (Å²) in [7, 11) is 0. The Labute approximate surface area is 125 Å². The number of nitrogens with one attached hydrogen (secondary N) is 2. The van der Waals surface area contributed by atoms with E-state index in [0.29, 0.717) is 5.56 Å². The largest absolute Gasteiger partial charge is 0.358 e. The molecular formula is C13H18IN3O2. The number of pyridine rings is 1. The molecule has 0 atom stereocenters. The zero-order chi connectivity index (χ0) is 13.8. The van der Waals surface area contributed by atoms with Gasteiger partial charge >= 0.3 is 0 Å². The molecule has 1 saturated heterocycles. The van der Waals surface area contributed by atoms with Gasteiger partial charge < -0.3 is 15.2 Å². The van der Waals surface area contributed by atoms with E-state index in [1.807, 2.05) is 6.92 Å². The van der Waals surface area contributed by atoms with Crippen LogP contribution in [0.5, 0.6) is 0 Å². The van der Waals surface area contributed by atoms with E-state index in [1.165, 1.54) is 6.42 Å². The number of hydrogen-bond donors (Lipinski definition) is 2. The van der Waals surface area contributed by atoms with Crippen LogP contribution in [0.4, 0.5) is 10.6 Å². The molecule has 2 heterocycles. The standard InChI is InChI=1S/C13H18IN3O2/c1-9-7-11(18)10(8-15-13(14)19)12(16-9)17-5-3-2-4-6-17/h7H,2-6,8H2,1H3,(H,15,19)(H,16,18). The highest BCUT2D eigenvalue weighted by atomic mass is 127. The van der Waals surface area contributed by atoms with Crippen molar-refractivity contribution < 1.29 is 4.79 Å². The molecule has 0 unspecified atom stereocenters. The summed E-state index contributed by atoms with van der Waals surface area (Å²) in [5.74, 6) is 0.870. The van der Waals surface area contributed by atoms with Gasteiger partial charge in [0.15, 0.2) is 5.43 Å². The van der Waals surface area contributed by atoms with Crippen LogP contribution in [-0.2, 0) is 6.54 Å². The van der Waals surface area contributed by atoms with Crippen molar-refractivity contribution in [1.29, 1.82) is 0 Å². The zero-order valence-corrected chi connectivity index (χ0v) is 13.1. The highest BCUT2D eigenvalue weighted by molar-refractivity contribution is 14.1. The van der Waals surface area contributed by atoms with Gasteiger partial charge in [-0.15, -0.1) is 0 Å². The Morgan fingerprint density at radius 1 is 1.42 bits per heavy atom. The van der Waals surface area contributed by atoms with Crippen molar-refractivity contribution in [1.82, 2.24) is 10.3 Å². The minimum absolute atomic E-state index is 0.0121. The lowest BCUT2D eigenvalue weighted by Gasteiger charge is -2.30. The third-order valence-corrected chi connectivity index (χ3v) is 3.70. The van der Waals surface area contributed by atoms with Crippen molar-refractivity contribution in [3.63, 3.8) is 0 Å². The fourth-order valence-corrected chi connectivity index (χ4v) is 2.61. The molecule has 1 aliphatic rings. The van der Waals surface area contributed by atoms with Crippen LogP contribution in [0.3, 0.4) is 0 Å². The second-order valence-corrected chi connectivity index (χ2v) is 5.80. The monoisotopic (exact) mass is 375 g/mol. The summed E-state index contributed by atoms with van der Waals surface area (Å²) in [6, 6.07) is 1.59. The van der Waals surface area contributed by atoms with E-state index in [2.05, 4.69) is 15.2 Å². The number of aromatic amines is 1. The van der Waals surface area contributed by atoms with Crippen molar-refractivity contribution in [3.8, 4) is 0 Å². The maximum atomic E-state index is 12.1. The Kier molecular flexibility index (Phi) is 4.84. The van der Waals surface area contributed by atoms with Crippen LogP contribution in [0.15, 0.2) is 10.9 Å². The fourth-order valence-electron chi connectivity index (χ4n) is 2.41. The van der Waals surface area contributed by atoms with E-state index in [1.54, 1.807) is 28.7 Å². The first-order valence-electron chi connectivity index (χ1n) is 6.49. The Morgan fingerprint density at radius 3 is 2.74 bits per heavy atom. The Balaban J connectivity index is 2.32. The number of halogens is 1. The average molecular weight is 375 g/mol. The number of hydrogen-bond acceptors (Lipinski definition) is 3. The lowest BCUT2D eigenvalue weighted by atomic mass is 10.1. The van der Waals surface area contributed by atoms with Gasteiger partial charge in [-0.1, -0.05) is 0 Å². The molecular weight excluding hydrogens is 357 g/mol. The lowest BCUT2D eigenvalue weighted by Crippen LogP contribution is -2.34. The van der Waals surface area contributed by atoms with Crippen LogP contribution < -0.4 is 15.6 Å². The predicted molar refractivity (Wildman–Crippen MR) is 84.1 cm³/mol.